The summed E-state index contributed by atoms with van der Waals surface area (Å²) < 4.78 is 7.50. The summed E-state index contributed by atoms with van der Waals surface area (Å²) in [6, 6.07) is 6.53. The van der Waals surface area contributed by atoms with Crippen LogP contribution in [0.3, 0.4) is 0 Å². The Morgan fingerprint density at radius 1 is 1.14 bits per heavy atom. The van der Waals surface area contributed by atoms with Crippen molar-refractivity contribution < 1.29 is 9.21 Å². The molecular weight excluding hydrogens is 282 g/mol. The molecule has 0 aliphatic carbocycles. The van der Waals surface area contributed by atoms with Crippen LogP contribution >= 0.6 is 0 Å². The maximum absolute atomic E-state index is 12.4. The number of nitrogens with zero attached hydrogens (tertiary/aromatic N) is 2. The van der Waals surface area contributed by atoms with E-state index in [1.54, 1.807) is 24.5 Å². The van der Waals surface area contributed by atoms with Crippen LogP contribution in [0.25, 0.3) is 0 Å². The van der Waals surface area contributed by atoms with E-state index in [4.69, 9.17) is 4.42 Å². The molecule has 1 N–H and O–H groups in total. The molecule has 22 heavy (non-hydrogen) atoms. The highest BCUT2D eigenvalue weighted by atomic mass is 16.4. The molecular formula is C16H19N3O3. The lowest BCUT2D eigenvalue weighted by Gasteiger charge is -2.18. The van der Waals surface area contributed by atoms with E-state index in [2.05, 4.69) is 5.32 Å². The van der Waals surface area contributed by atoms with Crippen molar-refractivity contribution in [2.75, 3.05) is 26.2 Å². The Bertz CT molecular complexity index is 676. The Morgan fingerprint density at radius 3 is 2.77 bits per heavy atom. The highest BCUT2D eigenvalue weighted by Crippen LogP contribution is 2.13. The molecule has 0 spiro atoms. The van der Waals surface area contributed by atoms with Gasteiger partial charge >= 0.3 is 0 Å². The predicted octanol–water partition coefficient (Wildman–Crippen LogP) is 0.925. The van der Waals surface area contributed by atoms with Crippen molar-refractivity contribution in [1.29, 1.82) is 0 Å². The van der Waals surface area contributed by atoms with E-state index in [1.807, 2.05) is 9.47 Å². The second-order valence-electron chi connectivity index (χ2n) is 5.37. The molecule has 0 bridgehead atoms. The second-order valence-corrected chi connectivity index (χ2v) is 5.37. The summed E-state index contributed by atoms with van der Waals surface area (Å²) in [4.78, 5) is 25.3. The van der Waals surface area contributed by atoms with E-state index in [-0.39, 0.29) is 11.3 Å². The lowest BCUT2D eigenvalue weighted by atomic mass is 10.3. The molecule has 1 aliphatic heterocycles. The number of hydrogen-bond donors (Lipinski definition) is 1. The molecule has 2 aromatic rings. The van der Waals surface area contributed by atoms with Crippen molar-refractivity contribution in [3.63, 3.8) is 0 Å². The van der Waals surface area contributed by atoms with Crippen molar-refractivity contribution in [3.8, 4) is 0 Å². The van der Waals surface area contributed by atoms with Crippen molar-refractivity contribution >= 4 is 5.91 Å². The number of rotatable bonds is 3. The maximum Gasteiger partial charge on any atom is 0.289 e. The number of aromatic nitrogens is 1. The Labute approximate surface area is 128 Å². The number of hydrogen-bond acceptors (Lipinski definition) is 4. The summed E-state index contributed by atoms with van der Waals surface area (Å²) in [6.45, 7) is 3.71. The molecule has 0 radical (unpaired) electrons. The molecule has 6 nitrogen and oxygen atoms in total. The highest BCUT2D eigenvalue weighted by molar-refractivity contribution is 5.91. The zero-order chi connectivity index (χ0) is 15.4. The molecule has 1 saturated heterocycles. The van der Waals surface area contributed by atoms with E-state index in [9.17, 15) is 9.59 Å². The molecule has 116 valence electrons. The molecule has 3 heterocycles. The Balaban J connectivity index is 1.68. The van der Waals surface area contributed by atoms with Gasteiger partial charge in [0, 0.05) is 44.2 Å². The molecule has 1 fully saturated rings. The number of nitrogens with one attached hydrogen (secondary N) is 1. The number of carbonyl (C=O) groups excluding carboxylic acids is 1. The summed E-state index contributed by atoms with van der Waals surface area (Å²) in [5, 5.41) is 3.27. The third-order valence-corrected chi connectivity index (χ3v) is 3.70. The fourth-order valence-electron chi connectivity index (χ4n) is 2.51. The average molecular weight is 301 g/mol. The summed E-state index contributed by atoms with van der Waals surface area (Å²) >= 11 is 0. The van der Waals surface area contributed by atoms with Crippen LogP contribution in [-0.2, 0) is 6.54 Å². The molecule has 6 heteroatoms. The summed E-state index contributed by atoms with van der Waals surface area (Å²) in [7, 11) is 0. The van der Waals surface area contributed by atoms with Gasteiger partial charge in [0.05, 0.1) is 6.54 Å². The molecule has 0 unspecified atom stereocenters. The molecule has 2 aromatic heterocycles. The highest BCUT2D eigenvalue weighted by Gasteiger charge is 2.20. The summed E-state index contributed by atoms with van der Waals surface area (Å²) in [6.07, 6.45) is 4.36. The Hall–Kier alpha value is -2.34. The molecule has 3 rings (SSSR count). The van der Waals surface area contributed by atoms with Crippen LogP contribution in [0.5, 0.6) is 0 Å². The molecule has 0 aromatic carbocycles. The first-order valence-corrected chi connectivity index (χ1v) is 7.47. The minimum absolute atomic E-state index is 0.0265. The fraction of sp³-hybridized carbons (Fsp3) is 0.375. The largest absolute Gasteiger partial charge is 0.454 e. The first kappa shape index (κ1) is 14.6. The van der Waals surface area contributed by atoms with Crippen LogP contribution in [0, 0.1) is 0 Å². The molecule has 0 atom stereocenters. The maximum atomic E-state index is 12.4. The van der Waals surface area contributed by atoms with Gasteiger partial charge in [-0.05, 0) is 25.1 Å². The van der Waals surface area contributed by atoms with Gasteiger partial charge in [-0.15, -0.1) is 0 Å². The van der Waals surface area contributed by atoms with E-state index in [1.165, 1.54) is 12.1 Å². The second kappa shape index (κ2) is 6.62. The van der Waals surface area contributed by atoms with Crippen LogP contribution in [0.1, 0.15) is 22.7 Å². The van der Waals surface area contributed by atoms with E-state index >= 15 is 0 Å². The smallest absolute Gasteiger partial charge is 0.289 e. The lowest BCUT2D eigenvalue weighted by Crippen LogP contribution is -2.33. The Kier molecular flexibility index (Phi) is 4.39. The normalized spacial score (nSPS) is 15.5. The average Bonchev–Trinajstić information content (AvgIpc) is 2.82. The quantitative estimate of drug-likeness (QED) is 0.915. The van der Waals surface area contributed by atoms with Crippen LogP contribution in [0.15, 0.2) is 45.9 Å². The predicted molar refractivity (Wildman–Crippen MR) is 81.9 cm³/mol. The molecule has 0 saturated carbocycles. The van der Waals surface area contributed by atoms with E-state index in [0.717, 1.165) is 26.1 Å². The van der Waals surface area contributed by atoms with Gasteiger partial charge < -0.3 is 19.2 Å². The van der Waals surface area contributed by atoms with Gasteiger partial charge in [-0.25, -0.2) is 0 Å². The van der Waals surface area contributed by atoms with Crippen molar-refractivity contribution in [2.24, 2.45) is 0 Å². The zero-order valence-electron chi connectivity index (χ0n) is 12.3. The monoisotopic (exact) mass is 301 g/mol. The van der Waals surface area contributed by atoms with Gasteiger partial charge in [0.1, 0.15) is 5.76 Å². The number of furan rings is 1. The van der Waals surface area contributed by atoms with Gasteiger partial charge in [0.25, 0.3) is 5.91 Å². The van der Waals surface area contributed by atoms with Gasteiger partial charge in [-0.3, -0.25) is 9.59 Å². The summed E-state index contributed by atoms with van der Waals surface area (Å²) in [5.74, 6) is 1.01. The third-order valence-electron chi connectivity index (χ3n) is 3.70. The number of carbonyl (C=O) groups is 1. The van der Waals surface area contributed by atoms with Crippen molar-refractivity contribution in [3.05, 3.63) is 58.4 Å². The standard InChI is InChI=1S/C16H19N3O3/c20-13-4-9-18(10-5-13)12-14-2-3-15(22-14)16(21)19-8-1-6-17-7-11-19/h2-5,9-10,17H,1,6-8,11-12H2. The lowest BCUT2D eigenvalue weighted by molar-refractivity contribution is 0.0732. The van der Waals surface area contributed by atoms with Gasteiger partial charge in [0.2, 0.25) is 0 Å². The first-order valence-electron chi connectivity index (χ1n) is 7.47. The molecule has 1 aliphatic rings. The van der Waals surface area contributed by atoms with E-state index < -0.39 is 0 Å². The Morgan fingerprint density at radius 2 is 1.95 bits per heavy atom. The molecule has 1 amide bonds. The zero-order valence-corrected chi connectivity index (χ0v) is 12.3. The minimum atomic E-state index is -0.0603. The first-order chi connectivity index (χ1) is 10.7. The van der Waals surface area contributed by atoms with Crippen molar-refractivity contribution in [2.45, 2.75) is 13.0 Å². The van der Waals surface area contributed by atoms with Gasteiger partial charge in [-0.2, -0.15) is 0 Å². The fourth-order valence-corrected chi connectivity index (χ4v) is 2.51. The SMILES string of the molecule is O=C(c1ccc(Cn2ccc(=O)cc2)o1)N1CCCNCC1. The number of amides is 1. The summed E-state index contributed by atoms with van der Waals surface area (Å²) in [5.41, 5.74) is -0.0265. The topological polar surface area (TPSA) is 67.5 Å². The van der Waals surface area contributed by atoms with Gasteiger partial charge in [0.15, 0.2) is 11.2 Å². The number of pyridine rings is 1. The van der Waals surface area contributed by atoms with Crippen LogP contribution in [-0.4, -0.2) is 41.6 Å². The van der Waals surface area contributed by atoms with Crippen LogP contribution < -0.4 is 10.7 Å². The van der Waals surface area contributed by atoms with Gasteiger partial charge in [-0.1, -0.05) is 0 Å². The third kappa shape index (κ3) is 3.46. The minimum Gasteiger partial charge on any atom is -0.454 e. The van der Waals surface area contributed by atoms with Crippen molar-refractivity contribution in [1.82, 2.24) is 14.8 Å². The van der Waals surface area contributed by atoms with Crippen LogP contribution in [0.2, 0.25) is 0 Å². The van der Waals surface area contributed by atoms with Crippen LogP contribution in [0.4, 0.5) is 0 Å². The van der Waals surface area contributed by atoms with E-state index in [0.29, 0.717) is 24.6 Å².